The van der Waals surface area contributed by atoms with Crippen LogP contribution in [-0.2, 0) is 14.4 Å². The quantitative estimate of drug-likeness (QED) is 0.300. The van der Waals surface area contributed by atoms with Crippen LogP contribution >= 0.6 is 11.6 Å². The molecule has 0 saturated carbocycles. The average molecular weight is 392 g/mol. The van der Waals surface area contributed by atoms with E-state index in [1.807, 2.05) is 0 Å². The topological polar surface area (TPSA) is 117 Å². The Hall–Kier alpha value is -3.26. The highest BCUT2D eigenvalue weighted by Gasteiger charge is 2.12. The number of methoxy groups -OCH3 is 1. The van der Waals surface area contributed by atoms with Crippen LogP contribution in [0, 0.1) is 0 Å². The molecule has 8 nitrogen and oxygen atoms in total. The van der Waals surface area contributed by atoms with Gasteiger partial charge in [0.05, 0.1) is 12.8 Å². The van der Waals surface area contributed by atoms with Crippen molar-refractivity contribution in [2.24, 2.45) is 5.73 Å². The maximum absolute atomic E-state index is 12.0. The summed E-state index contributed by atoms with van der Waals surface area (Å²) in [5.74, 6) is -0.184. The van der Waals surface area contributed by atoms with Crippen molar-refractivity contribution >= 4 is 40.6 Å². The molecule has 0 spiro atoms. The zero-order chi connectivity index (χ0) is 19.6. The number of rotatable bonds is 8. The van der Waals surface area contributed by atoms with Gasteiger partial charge in [-0.3, -0.25) is 15.3 Å². The summed E-state index contributed by atoms with van der Waals surface area (Å²) in [5, 5.41) is 8.16. The third kappa shape index (κ3) is 6.87. The molecule has 5 N–H and O–H groups in total. The lowest BCUT2D eigenvalue weighted by molar-refractivity contribution is -0.750. The van der Waals surface area contributed by atoms with Crippen LogP contribution in [-0.4, -0.2) is 31.4 Å². The third-order valence-electron chi connectivity index (χ3n) is 3.25. The molecule has 9 heteroatoms. The van der Waals surface area contributed by atoms with E-state index in [0.717, 1.165) is 0 Å². The van der Waals surface area contributed by atoms with Crippen molar-refractivity contribution < 1.29 is 24.3 Å². The molecule has 0 bridgehead atoms. The van der Waals surface area contributed by atoms with Crippen molar-refractivity contribution in [2.45, 2.75) is 6.42 Å². The SMILES string of the molecule is COc1ccccc1NC(=O)CC(N)=[NH+]OCC(=O)Nc1cccc(Cl)c1. The molecule has 0 fully saturated rings. The Labute approximate surface area is 161 Å². The summed E-state index contributed by atoms with van der Waals surface area (Å²) in [5.41, 5.74) is 6.77. The van der Waals surface area contributed by atoms with Crippen molar-refractivity contribution in [1.82, 2.24) is 0 Å². The predicted molar refractivity (Wildman–Crippen MR) is 102 cm³/mol. The summed E-state index contributed by atoms with van der Waals surface area (Å²) < 4.78 is 5.15. The van der Waals surface area contributed by atoms with Crippen molar-refractivity contribution in [3.63, 3.8) is 0 Å². The number of amidine groups is 1. The van der Waals surface area contributed by atoms with Gasteiger partial charge < -0.3 is 20.2 Å². The molecule has 0 radical (unpaired) electrons. The third-order valence-corrected chi connectivity index (χ3v) is 3.48. The van der Waals surface area contributed by atoms with Gasteiger partial charge in [0, 0.05) is 10.7 Å². The standard InChI is InChI=1S/C18H19ClN4O4/c1-26-15-8-3-2-7-14(15)22-17(24)10-16(20)23-27-11-18(25)21-13-6-4-5-12(19)9-13/h2-9H,10-11H2,1H3,(H2,20,23)(H,21,25)(H,22,24)/p+1. The molecule has 2 rings (SSSR count). The fraction of sp³-hybridized carbons (Fsp3) is 0.167. The first kappa shape index (κ1) is 20.1. The Balaban J connectivity index is 1.78. The summed E-state index contributed by atoms with van der Waals surface area (Å²) in [6.07, 6.45) is -0.145. The van der Waals surface area contributed by atoms with Crippen molar-refractivity contribution in [3.8, 4) is 5.75 Å². The van der Waals surface area contributed by atoms with Crippen LogP contribution in [0.5, 0.6) is 5.75 Å². The molecule has 2 aromatic rings. The van der Waals surface area contributed by atoms with E-state index in [1.54, 1.807) is 48.5 Å². The number of nitrogens with one attached hydrogen (secondary N) is 3. The number of carbonyl (C=O) groups is 2. The minimum absolute atomic E-state index is 0.0537. The highest BCUT2D eigenvalue weighted by molar-refractivity contribution is 6.30. The molecule has 0 aliphatic heterocycles. The zero-order valence-corrected chi connectivity index (χ0v) is 15.4. The molecule has 0 aliphatic rings. The lowest BCUT2D eigenvalue weighted by atomic mass is 10.2. The number of halogens is 1. The van der Waals surface area contributed by atoms with Gasteiger partial charge in [-0.2, -0.15) is 0 Å². The number of para-hydroxylation sites is 2. The number of hydrogen-bond donors (Lipinski definition) is 4. The fourth-order valence-corrected chi connectivity index (χ4v) is 2.30. The van der Waals surface area contributed by atoms with Crippen LogP contribution in [0.15, 0.2) is 48.5 Å². The maximum atomic E-state index is 12.0. The van der Waals surface area contributed by atoms with Crippen LogP contribution in [0.2, 0.25) is 5.02 Å². The fourth-order valence-electron chi connectivity index (χ4n) is 2.11. The number of amides is 2. The van der Waals surface area contributed by atoms with Gasteiger partial charge >= 0.3 is 0 Å². The lowest BCUT2D eigenvalue weighted by Crippen LogP contribution is -2.75. The molecule has 0 unspecified atom stereocenters. The van der Waals surface area contributed by atoms with Crippen LogP contribution in [0.4, 0.5) is 11.4 Å². The molecule has 0 aliphatic carbocycles. The van der Waals surface area contributed by atoms with E-state index in [9.17, 15) is 9.59 Å². The van der Waals surface area contributed by atoms with Crippen molar-refractivity contribution in [2.75, 3.05) is 24.4 Å². The second kappa shape index (κ2) is 10.0. The number of nitrogens with two attached hydrogens (primary N) is 1. The Morgan fingerprint density at radius 3 is 2.63 bits per heavy atom. The molecule has 0 saturated heterocycles. The van der Waals surface area contributed by atoms with E-state index in [1.165, 1.54) is 7.11 Å². The summed E-state index contributed by atoms with van der Waals surface area (Å²) in [7, 11) is 1.51. The number of ether oxygens (including phenoxy) is 1. The van der Waals surface area contributed by atoms with Crippen LogP contribution in [0.25, 0.3) is 0 Å². The number of benzene rings is 2. The number of hydrogen-bond acceptors (Lipinski definition) is 4. The molecule has 142 valence electrons. The van der Waals surface area contributed by atoms with Crippen molar-refractivity contribution in [1.29, 1.82) is 0 Å². The van der Waals surface area contributed by atoms with Gasteiger partial charge in [0.15, 0.2) is 0 Å². The molecule has 27 heavy (non-hydrogen) atoms. The molecule has 0 aromatic heterocycles. The first-order valence-electron chi connectivity index (χ1n) is 7.95. The van der Waals surface area contributed by atoms with Crippen LogP contribution < -0.4 is 26.3 Å². The first-order valence-corrected chi connectivity index (χ1v) is 8.33. The van der Waals surface area contributed by atoms with E-state index in [4.69, 9.17) is 26.9 Å². The summed E-state index contributed by atoms with van der Waals surface area (Å²) in [6, 6.07) is 13.7. The predicted octanol–water partition coefficient (Wildman–Crippen LogP) is 0.685. The van der Waals surface area contributed by atoms with Gasteiger partial charge in [-0.1, -0.05) is 35.0 Å². The minimum atomic E-state index is -0.406. The Bertz CT molecular complexity index is 842. The van der Waals surface area contributed by atoms with E-state index < -0.39 is 5.91 Å². The molecular formula is C18H20ClN4O4+. The van der Waals surface area contributed by atoms with E-state index in [0.29, 0.717) is 22.1 Å². The lowest BCUT2D eigenvalue weighted by Gasteiger charge is -2.08. The smallest absolute Gasteiger partial charge is 0.288 e. The van der Waals surface area contributed by atoms with E-state index >= 15 is 0 Å². The van der Waals surface area contributed by atoms with Crippen LogP contribution in [0.3, 0.4) is 0 Å². The Morgan fingerprint density at radius 2 is 1.89 bits per heavy atom. The van der Waals surface area contributed by atoms with Gasteiger partial charge in [-0.15, -0.1) is 0 Å². The molecule has 2 amide bonds. The second-order valence-electron chi connectivity index (χ2n) is 5.40. The summed E-state index contributed by atoms with van der Waals surface area (Å²) in [6.45, 7) is -0.304. The average Bonchev–Trinajstić information content (AvgIpc) is 2.62. The number of carbonyl (C=O) groups excluding carboxylic acids is 2. The normalized spacial score (nSPS) is 10.8. The van der Waals surface area contributed by atoms with Crippen molar-refractivity contribution in [3.05, 3.63) is 53.6 Å². The van der Waals surface area contributed by atoms with E-state index in [-0.39, 0.29) is 24.8 Å². The summed E-state index contributed by atoms with van der Waals surface area (Å²) in [4.78, 5) is 28.8. The number of anilines is 2. The Kier molecular flexibility index (Phi) is 7.45. The van der Waals surface area contributed by atoms with Gasteiger partial charge in [-0.05, 0) is 30.3 Å². The Morgan fingerprint density at radius 1 is 1.11 bits per heavy atom. The maximum Gasteiger partial charge on any atom is 0.288 e. The molecule has 0 atom stereocenters. The largest absolute Gasteiger partial charge is 0.495 e. The zero-order valence-electron chi connectivity index (χ0n) is 14.6. The molecular weight excluding hydrogens is 372 g/mol. The second-order valence-corrected chi connectivity index (χ2v) is 5.84. The highest BCUT2D eigenvalue weighted by atomic mass is 35.5. The van der Waals surface area contributed by atoms with Gasteiger partial charge in [0.2, 0.25) is 12.5 Å². The van der Waals surface area contributed by atoms with Crippen LogP contribution in [0.1, 0.15) is 6.42 Å². The van der Waals surface area contributed by atoms with E-state index in [2.05, 4.69) is 15.8 Å². The van der Waals surface area contributed by atoms with Gasteiger partial charge in [0.1, 0.15) is 12.2 Å². The first-order chi connectivity index (χ1) is 13.0. The van der Waals surface area contributed by atoms with Gasteiger partial charge in [0.25, 0.3) is 11.7 Å². The van der Waals surface area contributed by atoms with Gasteiger partial charge in [-0.25, -0.2) is 0 Å². The highest BCUT2D eigenvalue weighted by Crippen LogP contribution is 2.22. The monoisotopic (exact) mass is 391 g/mol. The summed E-state index contributed by atoms with van der Waals surface area (Å²) >= 11 is 5.84. The minimum Gasteiger partial charge on any atom is -0.495 e. The molecule has 2 aromatic carbocycles. The molecule has 0 heterocycles.